The summed E-state index contributed by atoms with van der Waals surface area (Å²) in [5, 5.41) is 40.6. The molecule has 0 saturated carbocycles. The average Bonchev–Trinajstić information content (AvgIpc) is 4.09. The van der Waals surface area contributed by atoms with Crippen LogP contribution in [0.5, 0.6) is 0 Å². The number of rotatable bonds is 8. The Bertz CT molecular complexity index is 2810. The van der Waals surface area contributed by atoms with E-state index in [2.05, 4.69) is 103 Å². The zero-order valence-electron chi connectivity index (χ0n) is 34.6. The molecular formula is C35H47I3N14O12+2. The number of aliphatic hydroxyl groups is 4. The van der Waals surface area contributed by atoms with Crippen molar-refractivity contribution in [1.82, 2.24) is 48.6 Å². The molecule has 3 aliphatic heterocycles. The Kier molecular flexibility index (Phi) is 14.9. The molecule has 0 amide bonds. The summed E-state index contributed by atoms with van der Waals surface area (Å²) in [6.45, 7) is 1.73. The second-order valence-electron chi connectivity index (χ2n) is 15.0. The Morgan fingerprint density at radius 3 is 1.80 bits per heavy atom. The summed E-state index contributed by atoms with van der Waals surface area (Å²) in [5.41, 5.74) is 12.2. The maximum Gasteiger partial charge on any atom is 0.313 e. The Hall–Kier alpha value is -3.52. The van der Waals surface area contributed by atoms with Gasteiger partial charge in [-0.25, -0.2) is 14.1 Å². The standard InChI is InChI=1S/C13H17IN4O4.2C11H14IN5O4/c1-6-15-11-8(12(20)16-6)17(2)5-18(11)13-10(21-3)9(19)7(4-14)22-13;1-16-3-17(8-5(16)9(20)15-11(13)14-8)10-7(19)6(18)4(2-12)21-10;1-20-7-6(18)4(2-12)21-10(7)17-3-14-5-8(17)15-11(13)16-9(5)19/h5,7,9-10,13,19H,4H2,1-3H3;3-4,6-7,10,18-19H,2H2,1H3,(H2-,13,14,15,20);3-4,6-7,10,18H,2H2,1H3,(H3,13,15,16,19)/p+2/t7-,9?,10+,13-;2*4-,6?,7+,10-/m111/s1. The van der Waals surface area contributed by atoms with Crippen LogP contribution < -0.4 is 37.3 Å². The highest BCUT2D eigenvalue weighted by Crippen LogP contribution is 2.34. The van der Waals surface area contributed by atoms with Gasteiger partial charge in [0.15, 0.2) is 35.9 Å². The van der Waals surface area contributed by atoms with E-state index >= 15 is 0 Å². The van der Waals surface area contributed by atoms with Crippen molar-refractivity contribution in [2.75, 3.05) is 39.0 Å². The summed E-state index contributed by atoms with van der Waals surface area (Å²) in [4.78, 5) is 60.0. The smallest absolute Gasteiger partial charge is 0.313 e. The summed E-state index contributed by atoms with van der Waals surface area (Å²) in [7, 11) is 6.48. The van der Waals surface area contributed by atoms with Crippen LogP contribution in [0.2, 0.25) is 0 Å². The summed E-state index contributed by atoms with van der Waals surface area (Å²) >= 11 is 6.38. The predicted octanol–water partition coefficient (Wildman–Crippen LogP) is -2.84. The van der Waals surface area contributed by atoms with Gasteiger partial charge in [0.05, 0.1) is 38.7 Å². The summed E-state index contributed by atoms with van der Waals surface area (Å²) < 4.78 is 38.0. The van der Waals surface area contributed by atoms with E-state index in [0.29, 0.717) is 47.1 Å². The lowest BCUT2D eigenvalue weighted by atomic mass is 10.1. The fraction of sp³-hybridized carbons (Fsp3) is 0.571. The molecule has 348 valence electrons. The van der Waals surface area contributed by atoms with E-state index in [1.807, 2.05) is 0 Å². The number of halogens is 3. The number of alkyl halides is 3. The van der Waals surface area contributed by atoms with Gasteiger partial charge < -0.3 is 55.6 Å². The zero-order chi connectivity index (χ0) is 46.5. The Morgan fingerprint density at radius 1 is 0.703 bits per heavy atom. The first-order valence-corrected chi connectivity index (χ1v) is 23.9. The van der Waals surface area contributed by atoms with Gasteiger partial charge in [-0.15, -0.1) is 0 Å². The van der Waals surface area contributed by atoms with Gasteiger partial charge in [-0.3, -0.25) is 43.0 Å². The Balaban J connectivity index is 0.000000144. The topological polar surface area (TPSA) is 352 Å². The van der Waals surface area contributed by atoms with Crippen molar-refractivity contribution in [2.24, 2.45) is 14.1 Å². The highest BCUT2D eigenvalue weighted by atomic mass is 127. The number of nitrogens with one attached hydrogen (secondary N) is 3. The summed E-state index contributed by atoms with van der Waals surface area (Å²) in [6, 6.07) is 0. The molecule has 12 atom stereocenters. The van der Waals surface area contributed by atoms with Crippen molar-refractivity contribution in [3.05, 3.63) is 55.9 Å². The average molecular weight is 1240 g/mol. The van der Waals surface area contributed by atoms with E-state index in [-0.39, 0.29) is 40.7 Å². The maximum absolute atomic E-state index is 12.1. The number of nitrogens with two attached hydrogens (primary N) is 2. The van der Waals surface area contributed by atoms with E-state index in [4.69, 9.17) is 35.2 Å². The second kappa shape index (κ2) is 19.8. The molecule has 3 saturated heterocycles. The molecule has 0 spiro atoms. The molecule has 29 heteroatoms. The first kappa shape index (κ1) is 48.4. The van der Waals surface area contributed by atoms with Crippen molar-refractivity contribution >= 4 is 113 Å². The third kappa shape index (κ3) is 8.88. The SMILES string of the molecule is CO[C@H]1C(O)[C@@H](CI)O[C@H]1[n+]1cn(C)c2c(=O)[nH]c(C)nc21.CO[C@H]1C(O)[C@@H](CI)O[C@H]1n1cnc2c(=O)[nH]c(N)nc21.Cn1c[n+]([C@@H]2O[C@H](CI)C(O)[C@@H]2O)c2nc(N)[nH]c(=O)c21. The van der Waals surface area contributed by atoms with Gasteiger partial charge >= 0.3 is 11.3 Å². The molecule has 0 aliphatic carbocycles. The number of anilines is 2. The van der Waals surface area contributed by atoms with E-state index in [9.17, 15) is 34.8 Å². The van der Waals surface area contributed by atoms with Crippen molar-refractivity contribution < 1.29 is 53.2 Å². The Labute approximate surface area is 401 Å². The molecule has 0 radical (unpaired) electrons. The number of H-pyrrole nitrogens is 3. The lowest BCUT2D eigenvalue weighted by molar-refractivity contribution is -0.746. The molecule has 6 aromatic heterocycles. The zero-order valence-corrected chi connectivity index (χ0v) is 41.1. The molecule has 9 rings (SSSR count). The minimum atomic E-state index is -1.11. The van der Waals surface area contributed by atoms with E-state index in [1.165, 1.54) is 25.1 Å². The molecule has 3 aliphatic rings. The molecular weight excluding hydrogens is 1190 g/mol. The number of ether oxygens (including phenoxy) is 5. The number of nitrogen functional groups attached to an aromatic ring is 2. The summed E-state index contributed by atoms with van der Waals surface area (Å²) in [6.07, 6.45) is -3.06. The molecule has 0 aromatic carbocycles. The third-order valence-corrected chi connectivity index (χ3v) is 13.5. The lowest BCUT2D eigenvalue weighted by Crippen LogP contribution is -2.47. The van der Waals surface area contributed by atoms with Crippen LogP contribution in [0, 0.1) is 6.92 Å². The number of aromatic amines is 3. The van der Waals surface area contributed by atoms with Crippen LogP contribution in [0.4, 0.5) is 11.9 Å². The quantitative estimate of drug-likeness (QED) is 0.0421. The number of nitrogens with zero attached hydrogens (tertiary/aromatic N) is 9. The van der Waals surface area contributed by atoms with Crippen molar-refractivity contribution in [3.8, 4) is 0 Å². The summed E-state index contributed by atoms with van der Waals surface area (Å²) in [5.74, 6) is 0.494. The van der Waals surface area contributed by atoms with Crippen molar-refractivity contribution in [3.63, 3.8) is 0 Å². The van der Waals surface area contributed by atoms with Gasteiger partial charge in [-0.05, 0) is 0 Å². The molecule has 64 heavy (non-hydrogen) atoms. The minimum Gasteiger partial charge on any atom is -0.387 e. The lowest BCUT2D eigenvalue weighted by Gasteiger charge is -2.19. The van der Waals surface area contributed by atoms with Gasteiger partial charge in [0.2, 0.25) is 29.4 Å². The third-order valence-electron chi connectivity index (χ3n) is 10.9. The first-order chi connectivity index (χ1) is 30.5. The number of imidazole rings is 3. The van der Waals surface area contributed by atoms with E-state index < -0.39 is 67.0 Å². The van der Waals surface area contributed by atoms with Crippen LogP contribution in [0.15, 0.2) is 33.4 Å². The number of aromatic nitrogens is 12. The number of hydrogen-bond donors (Lipinski definition) is 9. The highest BCUT2D eigenvalue weighted by molar-refractivity contribution is 14.1. The van der Waals surface area contributed by atoms with Crippen LogP contribution in [-0.4, -0.2) is 151 Å². The first-order valence-electron chi connectivity index (χ1n) is 19.4. The second-order valence-corrected chi connectivity index (χ2v) is 17.7. The molecule has 6 aromatic rings. The van der Waals surface area contributed by atoms with Gasteiger partial charge in [0.1, 0.15) is 36.6 Å². The fourth-order valence-electron chi connectivity index (χ4n) is 7.87. The number of aliphatic hydroxyl groups excluding tert-OH is 4. The van der Waals surface area contributed by atoms with E-state index in [1.54, 1.807) is 51.9 Å². The molecule has 26 nitrogen and oxygen atoms in total. The normalized spacial score (nSPS) is 29.1. The van der Waals surface area contributed by atoms with Crippen LogP contribution in [0.1, 0.15) is 24.5 Å². The van der Waals surface area contributed by atoms with Crippen LogP contribution >= 0.6 is 67.8 Å². The number of fused-ring (bicyclic) bond motifs is 3. The fourth-order valence-corrected chi connectivity index (χ4v) is 10.1. The Morgan fingerprint density at radius 2 is 1.20 bits per heavy atom. The van der Waals surface area contributed by atoms with E-state index in [0.717, 1.165) is 0 Å². The van der Waals surface area contributed by atoms with Gasteiger partial charge in [-0.2, -0.15) is 4.98 Å². The number of aryl methyl sites for hydroxylation is 3. The molecule has 0 bridgehead atoms. The highest BCUT2D eigenvalue weighted by Gasteiger charge is 2.49. The monoisotopic (exact) mass is 1240 g/mol. The minimum absolute atomic E-state index is 0.00722. The number of hydrogen-bond acceptors (Lipinski definition) is 18. The molecule has 3 fully saturated rings. The molecule has 3 unspecified atom stereocenters. The number of methoxy groups -OCH3 is 2. The largest absolute Gasteiger partial charge is 0.387 e. The predicted molar refractivity (Wildman–Crippen MR) is 249 cm³/mol. The molecule has 9 heterocycles. The maximum atomic E-state index is 12.1. The van der Waals surface area contributed by atoms with Gasteiger partial charge in [0.25, 0.3) is 22.6 Å². The van der Waals surface area contributed by atoms with Gasteiger partial charge in [-0.1, -0.05) is 77.7 Å². The van der Waals surface area contributed by atoms with Crippen LogP contribution in [-0.2, 0) is 37.8 Å². The molecule has 11 N–H and O–H groups in total. The van der Waals surface area contributed by atoms with Crippen LogP contribution in [0.3, 0.4) is 0 Å². The van der Waals surface area contributed by atoms with Gasteiger partial charge in [0, 0.05) is 34.4 Å². The van der Waals surface area contributed by atoms with Crippen molar-refractivity contribution in [1.29, 1.82) is 0 Å². The van der Waals surface area contributed by atoms with Crippen LogP contribution in [0.25, 0.3) is 33.5 Å². The van der Waals surface area contributed by atoms with Crippen molar-refractivity contribution in [2.45, 2.75) is 80.5 Å².